The van der Waals surface area contributed by atoms with Crippen molar-refractivity contribution in [3.63, 3.8) is 0 Å². The van der Waals surface area contributed by atoms with Gasteiger partial charge >= 0.3 is 6.03 Å². The molecular formula is C19H19ClN2O4. The molecule has 1 aliphatic heterocycles. The van der Waals surface area contributed by atoms with Crippen molar-refractivity contribution in [2.75, 3.05) is 14.2 Å². The minimum atomic E-state index is -1.18. The number of halogens is 1. The molecule has 0 aromatic heterocycles. The Morgan fingerprint density at radius 3 is 2.31 bits per heavy atom. The Labute approximate surface area is 156 Å². The number of hydrogen-bond donors (Lipinski definition) is 1. The summed E-state index contributed by atoms with van der Waals surface area (Å²) in [6.45, 7) is 1.85. The topological polar surface area (TPSA) is 67.9 Å². The number of amides is 3. The van der Waals surface area contributed by atoms with Crippen LogP contribution in [0.2, 0.25) is 5.02 Å². The summed E-state index contributed by atoms with van der Waals surface area (Å²) >= 11 is 5.88. The van der Waals surface area contributed by atoms with Crippen LogP contribution in [0.3, 0.4) is 0 Å². The average Bonchev–Trinajstić information content (AvgIpc) is 2.87. The Hall–Kier alpha value is -2.73. The molecule has 136 valence electrons. The first-order valence-electron chi connectivity index (χ1n) is 8.00. The van der Waals surface area contributed by atoms with E-state index < -0.39 is 11.6 Å². The number of nitrogens with one attached hydrogen (secondary N) is 1. The molecule has 2 aromatic rings. The monoisotopic (exact) mass is 374 g/mol. The van der Waals surface area contributed by atoms with Gasteiger partial charge in [0.2, 0.25) is 0 Å². The lowest BCUT2D eigenvalue weighted by molar-refractivity contribution is -0.131. The van der Waals surface area contributed by atoms with Crippen LogP contribution in [0, 0.1) is 0 Å². The second kappa shape index (κ2) is 6.88. The van der Waals surface area contributed by atoms with E-state index in [1.54, 1.807) is 49.4 Å². The first kappa shape index (κ1) is 18.1. The van der Waals surface area contributed by atoms with Crippen LogP contribution in [0.25, 0.3) is 0 Å². The minimum absolute atomic E-state index is 0.171. The maximum Gasteiger partial charge on any atom is 0.325 e. The predicted octanol–water partition coefficient (Wildman–Crippen LogP) is 3.32. The van der Waals surface area contributed by atoms with Gasteiger partial charge in [-0.05, 0) is 42.3 Å². The van der Waals surface area contributed by atoms with Gasteiger partial charge in [-0.2, -0.15) is 0 Å². The van der Waals surface area contributed by atoms with Crippen LogP contribution in [0.4, 0.5) is 4.79 Å². The largest absolute Gasteiger partial charge is 0.493 e. The van der Waals surface area contributed by atoms with Gasteiger partial charge in [-0.3, -0.25) is 9.69 Å². The number of carbonyl (C=O) groups is 2. The molecule has 0 unspecified atom stereocenters. The van der Waals surface area contributed by atoms with Crippen molar-refractivity contribution in [2.45, 2.75) is 19.0 Å². The highest BCUT2D eigenvalue weighted by atomic mass is 35.5. The van der Waals surface area contributed by atoms with Gasteiger partial charge in [0, 0.05) is 5.02 Å². The molecule has 6 nitrogen and oxygen atoms in total. The highest BCUT2D eigenvalue weighted by Crippen LogP contribution is 2.35. The molecule has 0 bridgehead atoms. The van der Waals surface area contributed by atoms with Gasteiger partial charge < -0.3 is 14.8 Å². The van der Waals surface area contributed by atoms with Crippen LogP contribution >= 0.6 is 11.6 Å². The molecule has 7 heteroatoms. The Bertz CT molecular complexity index is 853. The summed E-state index contributed by atoms with van der Waals surface area (Å²) in [5.74, 6) is 0.712. The van der Waals surface area contributed by atoms with E-state index >= 15 is 0 Å². The molecule has 1 saturated heterocycles. The molecule has 1 atom stereocenters. The van der Waals surface area contributed by atoms with Crippen molar-refractivity contribution in [3.8, 4) is 11.5 Å². The summed E-state index contributed by atoms with van der Waals surface area (Å²) in [6, 6.07) is 11.7. The molecule has 1 fully saturated rings. The van der Waals surface area contributed by atoms with Crippen LogP contribution in [0.15, 0.2) is 42.5 Å². The lowest BCUT2D eigenvalue weighted by atomic mass is 9.91. The average molecular weight is 375 g/mol. The second-order valence-corrected chi connectivity index (χ2v) is 6.58. The molecule has 3 amide bonds. The van der Waals surface area contributed by atoms with E-state index in [2.05, 4.69) is 5.32 Å². The van der Waals surface area contributed by atoms with E-state index in [0.717, 1.165) is 5.56 Å². The van der Waals surface area contributed by atoms with Crippen LogP contribution < -0.4 is 14.8 Å². The van der Waals surface area contributed by atoms with Crippen molar-refractivity contribution in [1.82, 2.24) is 10.2 Å². The third-order valence-corrected chi connectivity index (χ3v) is 4.74. The fraction of sp³-hybridized carbons (Fsp3) is 0.263. The summed E-state index contributed by atoms with van der Waals surface area (Å²) in [7, 11) is 3.06. The Morgan fingerprint density at radius 1 is 1.04 bits per heavy atom. The molecule has 3 rings (SSSR count). The van der Waals surface area contributed by atoms with Gasteiger partial charge in [0.25, 0.3) is 5.91 Å². The summed E-state index contributed by atoms with van der Waals surface area (Å²) in [4.78, 5) is 26.6. The van der Waals surface area contributed by atoms with Crippen LogP contribution in [0.5, 0.6) is 11.5 Å². The zero-order valence-electron chi connectivity index (χ0n) is 14.7. The van der Waals surface area contributed by atoms with Gasteiger partial charge in [0.1, 0.15) is 5.54 Å². The number of nitrogens with zero attached hydrogens (tertiary/aromatic N) is 1. The molecule has 0 aliphatic carbocycles. The number of rotatable bonds is 5. The van der Waals surface area contributed by atoms with E-state index in [0.29, 0.717) is 22.1 Å². The Balaban J connectivity index is 1.90. The zero-order chi connectivity index (χ0) is 18.9. The molecule has 26 heavy (non-hydrogen) atoms. The molecule has 1 N–H and O–H groups in total. The lowest BCUT2D eigenvalue weighted by Gasteiger charge is -2.23. The molecule has 2 aromatic carbocycles. The minimum Gasteiger partial charge on any atom is -0.493 e. The van der Waals surface area contributed by atoms with Crippen LogP contribution in [0.1, 0.15) is 18.1 Å². The van der Waals surface area contributed by atoms with Crippen LogP contribution in [-0.2, 0) is 16.9 Å². The number of imide groups is 1. The number of urea groups is 1. The van der Waals surface area contributed by atoms with E-state index in [1.165, 1.54) is 19.1 Å². The van der Waals surface area contributed by atoms with Crippen molar-refractivity contribution in [2.24, 2.45) is 0 Å². The van der Waals surface area contributed by atoms with Gasteiger partial charge in [-0.15, -0.1) is 0 Å². The quantitative estimate of drug-likeness (QED) is 0.815. The van der Waals surface area contributed by atoms with Crippen molar-refractivity contribution < 1.29 is 19.1 Å². The molecular weight excluding hydrogens is 356 g/mol. The number of hydrogen-bond acceptors (Lipinski definition) is 4. The molecule has 1 heterocycles. The van der Waals surface area contributed by atoms with Gasteiger partial charge in [0.05, 0.1) is 20.8 Å². The molecule has 0 spiro atoms. The van der Waals surface area contributed by atoms with Crippen molar-refractivity contribution in [1.29, 1.82) is 0 Å². The third-order valence-electron chi connectivity index (χ3n) is 4.49. The fourth-order valence-corrected chi connectivity index (χ4v) is 3.08. The summed E-state index contributed by atoms with van der Waals surface area (Å²) in [6.07, 6.45) is 0. The van der Waals surface area contributed by atoms with E-state index in [-0.39, 0.29) is 12.5 Å². The van der Waals surface area contributed by atoms with Crippen molar-refractivity contribution >= 4 is 23.5 Å². The van der Waals surface area contributed by atoms with E-state index in [4.69, 9.17) is 21.1 Å². The maximum atomic E-state index is 13.0. The summed E-state index contributed by atoms with van der Waals surface area (Å²) in [5.41, 5.74) is 0.254. The number of methoxy groups -OCH3 is 2. The highest BCUT2D eigenvalue weighted by Gasteiger charge is 2.49. The van der Waals surface area contributed by atoms with Gasteiger partial charge in [-0.25, -0.2) is 4.79 Å². The summed E-state index contributed by atoms with van der Waals surface area (Å²) in [5, 5.41) is 3.38. The number of carbonyl (C=O) groups excluding carboxylic acids is 2. The zero-order valence-corrected chi connectivity index (χ0v) is 15.5. The molecule has 1 aliphatic rings. The van der Waals surface area contributed by atoms with Crippen LogP contribution in [-0.4, -0.2) is 31.1 Å². The first-order valence-corrected chi connectivity index (χ1v) is 8.38. The third kappa shape index (κ3) is 3.08. The van der Waals surface area contributed by atoms with E-state index in [9.17, 15) is 9.59 Å². The standard InChI is InChI=1S/C19H19ClN2O4/c1-19(13-6-9-15(25-2)16(10-13)26-3)17(23)22(18(24)21-19)11-12-4-7-14(20)8-5-12/h4-10H,11H2,1-3H3,(H,21,24)/t19-/m0/s1. The first-order chi connectivity index (χ1) is 12.4. The highest BCUT2D eigenvalue weighted by molar-refractivity contribution is 6.30. The second-order valence-electron chi connectivity index (χ2n) is 6.14. The predicted molar refractivity (Wildman–Crippen MR) is 97.4 cm³/mol. The maximum absolute atomic E-state index is 13.0. The fourth-order valence-electron chi connectivity index (χ4n) is 2.96. The smallest absolute Gasteiger partial charge is 0.325 e. The molecule has 0 radical (unpaired) electrons. The Kier molecular flexibility index (Phi) is 4.78. The van der Waals surface area contributed by atoms with Gasteiger partial charge in [0.15, 0.2) is 11.5 Å². The Morgan fingerprint density at radius 2 is 1.69 bits per heavy atom. The lowest BCUT2D eigenvalue weighted by Crippen LogP contribution is -2.40. The summed E-state index contributed by atoms with van der Waals surface area (Å²) < 4.78 is 10.5. The van der Waals surface area contributed by atoms with Gasteiger partial charge in [-0.1, -0.05) is 29.8 Å². The number of benzene rings is 2. The number of ether oxygens (including phenoxy) is 2. The SMILES string of the molecule is COc1ccc([C@]2(C)NC(=O)N(Cc3ccc(Cl)cc3)C2=O)cc1OC. The van der Waals surface area contributed by atoms with E-state index in [1.807, 2.05) is 0 Å². The normalized spacial score (nSPS) is 19.5. The van der Waals surface area contributed by atoms with Crippen molar-refractivity contribution in [3.05, 3.63) is 58.6 Å². The molecule has 0 saturated carbocycles.